The van der Waals surface area contributed by atoms with Crippen molar-refractivity contribution in [1.82, 2.24) is 0 Å². The number of nitrogen functional groups attached to an aromatic ring is 1. The predicted octanol–water partition coefficient (Wildman–Crippen LogP) is 4.18. The Hall–Kier alpha value is -2.01. The summed E-state index contributed by atoms with van der Waals surface area (Å²) in [4.78, 5) is 11.9. The van der Waals surface area contributed by atoms with Crippen molar-refractivity contribution in [3.8, 4) is 0 Å². The summed E-state index contributed by atoms with van der Waals surface area (Å²) in [6.45, 7) is 4.02. The first-order valence-electron chi connectivity index (χ1n) is 6.44. The van der Waals surface area contributed by atoms with Gasteiger partial charge >= 0.3 is 5.97 Å². The Morgan fingerprint density at radius 3 is 2.38 bits per heavy atom. The summed E-state index contributed by atoms with van der Waals surface area (Å²) in [5.41, 5.74) is 10.5. The van der Waals surface area contributed by atoms with Gasteiger partial charge in [0.25, 0.3) is 0 Å². The summed E-state index contributed by atoms with van der Waals surface area (Å²) in [7, 11) is 1.35. The highest BCUT2D eigenvalue weighted by Crippen LogP contribution is 2.30. The number of ether oxygens (including phenoxy) is 1. The van der Waals surface area contributed by atoms with Crippen molar-refractivity contribution in [2.75, 3.05) is 18.2 Å². The van der Waals surface area contributed by atoms with E-state index in [1.165, 1.54) is 7.11 Å². The van der Waals surface area contributed by atoms with Crippen LogP contribution in [0.25, 0.3) is 0 Å². The quantitative estimate of drug-likeness (QED) is 0.645. The van der Waals surface area contributed by atoms with E-state index in [2.05, 4.69) is 21.2 Å². The van der Waals surface area contributed by atoms with Gasteiger partial charge < -0.3 is 15.8 Å². The van der Waals surface area contributed by atoms with E-state index in [-0.39, 0.29) is 0 Å². The zero-order valence-electron chi connectivity index (χ0n) is 12.2. The van der Waals surface area contributed by atoms with Crippen molar-refractivity contribution < 1.29 is 9.53 Å². The number of anilines is 3. The molecule has 0 aliphatic rings. The van der Waals surface area contributed by atoms with Gasteiger partial charge in [0.15, 0.2) is 0 Å². The summed E-state index contributed by atoms with van der Waals surface area (Å²) >= 11 is 3.47. The highest BCUT2D eigenvalue weighted by Gasteiger charge is 2.14. The summed E-state index contributed by atoms with van der Waals surface area (Å²) in [6, 6.07) is 9.17. The van der Waals surface area contributed by atoms with Gasteiger partial charge in [0.1, 0.15) is 0 Å². The lowest BCUT2D eigenvalue weighted by Crippen LogP contribution is -2.07. The fourth-order valence-electron chi connectivity index (χ4n) is 2.19. The third-order valence-electron chi connectivity index (χ3n) is 3.21. The van der Waals surface area contributed by atoms with Crippen LogP contribution in [0.5, 0.6) is 0 Å². The second-order valence-electron chi connectivity index (χ2n) is 4.84. The van der Waals surface area contributed by atoms with Gasteiger partial charge in [-0.15, -0.1) is 0 Å². The first-order valence-corrected chi connectivity index (χ1v) is 7.23. The predicted molar refractivity (Wildman–Crippen MR) is 89.1 cm³/mol. The lowest BCUT2D eigenvalue weighted by Gasteiger charge is -2.16. The fourth-order valence-corrected chi connectivity index (χ4v) is 2.88. The van der Waals surface area contributed by atoms with E-state index in [9.17, 15) is 4.79 Å². The molecule has 0 aromatic heterocycles. The van der Waals surface area contributed by atoms with E-state index in [1.54, 1.807) is 18.2 Å². The highest BCUT2D eigenvalue weighted by molar-refractivity contribution is 9.10. The van der Waals surface area contributed by atoms with Crippen LogP contribution in [-0.4, -0.2) is 13.1 Å². The molecule has 0 heterocycles. The number of halogens is 1. The molecule has 2 rings (SSSR count). The standard InChI is InChI=1S/C16H17BrN2O2/c1-9-6-11(17)7-10(2)15(9)19-14-5-4-12(18)8-13(14)16(20)21-3/h4-8,19H,18H2,1-3H3. The molecule has 0 aliphatic heterocycles. The van der Waals surface area contributed by atoms with Crippen molar-refractivity contribution in [2.24, 2.45) is 0 Å². The fraction of sp³-hybridized carbons (Fsp3) is 0.188. The minimum atomic E-state index is -0.419. The third kappa shape index (κ3) is 3.36. The number of esters is 1. The second-order valence-corrected chi connectivity index (χ2v) is 5.75. The van der Waals surface area contributed by atoms with Crippen LogP contribution < -0.4 is 11.1 Å². The van der Waals surface area contributed by atoms with Crippen molar-refractivity contribution in [2.45, 2.75) is 13.8 Å². The van der Waals surface area contributed by atoms with Gasteiger partial charge in [-0.3, -0.25) is 0 Å². The Morgan fingerprint density at radius 2 is 1.81 bits per heavy atom. The zero-order valence-corrected chi connectivity index (χ0v) is 13.7. The molecule has 5 heteroatoms. The largest absolute Gasteiger partial charge is 0.465 e. The van der Waals surface area contributed by atoms with E-state index in [0.717, 1.165) is 21.3 Å². The average Bonchev–Trinajstić information content (AvgIpc) is 2.43. The molecule has 0 amide bonds. The van der Waals surface area contributed by atoms with Crippen LogP contribution in [0.3, 0.4) is 0 Å². The first-order chi connectivity index (χ1) is 9.92. The molecular weight excluding hydrogens is 332 g/mol. The van der Waals surface area contributed by atoms with E-state index >= 15 is 0 Å². The summed E-state index contributed by atoms with van der Waals surface area (Å²) < 4.78 is 5.83. The van der Waals surface area contributed by atoms with Crippen LogP contribution in [0.4, 0.5) is 17.1 Å². The summed E-state index contributed by atoms with van der Waals surface area (Å²) in [5.74, 6) is -0.419. The number of nitrogens with one attached hydrogen (secondary N) is 1. The van der Waals surface area contributed by atoms with Crippen molar-refractivity contribution in [1.29, 1.82) is 0 Å². The van der Waals surface area contributed by atoms with Gasteiger partial charge in [-0.2, -0.15) is 0 Å². The molecule has 0 spiro atoms. The monoisotopic (exact) mass is 348 g/mol. The Morgan fingerprint density at radius 1 is 1.19 bits per heavy atom. The van der Waals surface area contributed by atoms with Crippen LogP contribution in [-0.2, 0) is 4.74 Å². The number of methoxy groups -OCH3 is 1. The van der Waals surface area contributed by atoms with E-state index < -0.39 is 5.97 Å². The maximum Gasteiger partial charge on any atom is 0.340 e. The number of nitrogens with two attached hydrogens (primary N) is 1. The van der Waals surface area contributed by atoms with Crippen LogP contribution in [0.15, 0.2) is 34.8 Å². The molecule has 0 radical (unpaired) electrons. The Kier molecular flexibility index (Phi) is 4.53. The lowest BCUT2D eigenvalue weighted by molar-refractivity contribution is 0.0602. The molecule has 0 fully saturated rings. The molecule has 0 saturated carbocycles. The van der Waals surface area contributed by atoms with Gasteiger partial charge in [-0.1, -0.05) is 15.9 Å². The molecular formula is C16H17BrN2O2. The molecule has 0 atom stereocenters. The van der Waals surface area contributed by atoms with Gasteiger partial charge in [0.05, 0.1) is 18.4 Å². The van der Waals surface area contributed by atoms with Gasteiger partial charge in [-0.05, 0) is 55.3 Å². The lowest BCUT2D eigenvalue weighted by atomic mass is 10.1. The normalized spacial score (nSPS) is 10.3. The third-order valence-corrected chi connectivity index (χ3v) is 3.66. The molecule has 2 aromatic rings. The van der Waals surface area contributed by atoms with Gasteiger partial charge in [-0.25, -0.2) is 4.79 Å². The van der Waals surface area contributed by atoms with Crippen LogP contribution in [0, 0.1) is 13.8 Å². The number of carbonyl (C=O) groups excluding carboxylic acids is 1. The molecule has 0 unspecified atom stereocenters. The molecule has 0 aliphatic carbocycles. The number of rotatable bonds is 3. The molecule has 21 heavy (non-hydrogen) atoms. The SMILES string of the molecule is COC(=O)c1cc(N)ccc1Nc1c(C)cc(Br)cc1C. The Bertz CT molecular complexity index is 676. The minimum absolute atomic E-state index is 0.416. The minimum Gasteiger partial charge on any atom is -0.465 e. The smallest absolute Gasteiger partial charge is 0.340 e. The van der Waals surface area contributed by atoms with Crippen molar-refractivity contribution in [3.63, 3.8) is 0 Å². The van der Waals surface area contributed by atoms with Gasteiger partial charge in [0, 0.05) is 15.8 Å². The zero-order chi connectivity index (χ0) is 15.6. The van der Waals surface area contributed by atoms with E-state index in [0.29, 0.717) is 16.9 Å². The molecule has 0 bridgehead atoms. The topological polar surface area (TPSA) is 64.3 Å². The molecule has 4 nitrogen and oxygen atoms in total. The molecule has 110 valence electrons. The highest BCUT2D eigenvalue weighted by atomic mass is 79.9. The summed E-state index contributed by atoms with van der Waals surface area (Å²) in [5, 5.41) is 3.30. The van der Waals surface area contributed by atoms with Gasteiger partial charge in [0.2, 0.25) is 0 Å². The molecule has 0 saturated heterocycles. The Balaban J connectivity index is 2.47. The second kappa shape index (κ2) is 6.18. The molecule has 2 aromatic carbocycles. The number of carbonyl (C=O) groups is 1. The number of hydrogen-bond acceptors (Lipinski definition) is 4. The van der Waals surface area contributed by atoms with Crippen LogP contribution in [0.1, 0.15) is 21.5 Å². The van der Waals surface area contributed by atoms with Crippen molar-refractivity contribution >= 4 is 39.0 Å². The van der Waals surface area contributed by atoms with E-state index in [4.69, 9.17) is 10.5 Å². The van der Waals surface area contributed by atoms with Crippen LogP contribution in [0.2, 0.25) is 0 Å². The van der Waals surface area contributed by atoms with Crippen molar-refractivity contribution in [3.05, 3.63) is 51.5 Å². The van der Waals surface area contributed by atoms with E-state index in [1.807, 2.05) is 26.0 Å². The summed E-state index contributed by atoms with van der Waals surface area (Å²) in [6.07, 6.45) is 0. The first kappa shape index (κ1) is 15.4. The number of hydrogen-bond donors (Lipinski definition) is 2. The molecule has 3 N–H and O–H groups in total. The number of aryl methyl sites for hydroxylation is 2. The maximum atomic E-state index is 11.9. The van der Waals surface area contributed by atoms with Crippen LogP contribution >= 0.6 is 15.9 Å². The maximum absolute atomic E-state index is 11.9. The number of benzene rings is 2. The Labute approximate surface area is 132 Å². The average molecular weight is 349 g/mol.